The monoisotopic (exact) mass is 898 g/mol. The molecule has 0 aromatic heterocycles. The van der Waals surface area contributed by atoms with Crippen LogP contribution >= 0.6 is 0 Å². The maximum Gasteiger partial charge on any atom is 0.329 e. The topological polar surface area (TPSA) is 195 Å². The minimum atomic E-state index is -2.43. The first kappa shape index (κ1) is 51.6. The number of ketones is 3. The highest BCUT2D eigenvalue weighted by atomic mass is 16.6. The van der Waals surface area contributed by atoms with Crippen LogP contribution in [-0.4, -0.2) is 132 Å². The Kier molecular flexibility index (Phi) is 18.5. The van der Waals surface area contributed by atoms with E-state index in [1.54, 1.807) is 41.1 Å². The summed E-state index contributed by atoms with van der Waals surface area (Å²) in [4.78, 5) is 72.0. The van der Waals surface area contributed by atoms with Gasteiger partial charge in [0.1, 0.15) is 30.1 Å². The van der Waals surface area contributed by atoms with Gasteiger partial charge in [-0.2, -0.15) is 0 Å². The van der Waals surface area contributed by atoms with E-state index in [1.807, 2.05) is 51.2 Å². The lowest BCUT2D eigenvalue weighted by molar-refractivity contribution is -0.266. The Morgan fingerprint density at radius 3 is 2.27 bits per heavy atom. The van der Waals surface area contributed by atoms with E-state index in [4.69, 9.17) is 23.7 Å². The maximum absolute atomic E-state index is 14.4. The Morgan fingerprint density at radius 1 is 0.844 bits per heavy atom. The van der Waals surface area contributed by atoms with Crippen molar-refractivity contribution in [2.75, 3.05) is 27.9 Å². The molecule has 3 saturated heterocycles. The molecule has 1 aliphatic carbocycles. The summed E-state index contributed by atoms with van der Waals surface area (Å²) in [5.41, 5.74) is 1.28. The lowest BCUT2D eigenvalue weighted by atomic mass is 9.68. The summed E-state index contributed by atoms with van der Waals surface area (Å²) in [6, 6.07) is -1.12. The number of Topliss-reactive ketones (excluding diaryl/α,β-unsaturated/α-hetero) is 3. The summed E-state index contributed by atoms with van der Waals surface area (Å²) in [5.74, 6) is -8.43. The Bertz CT molecular complexity index is 1790. The number of hydrogen-bond acceptors (Lipinski definition) is 13. The quantitative estimate of drug-likeness (QED) is 0.181. The molecule has 14 nitrogen and oxygen atoms in total. The van der Waals surface area contributed by atoms with Crippen molar-refractivity contribution in [1.29, 1.82) is 0 Å². The predicted octanol–water partition coefficient (Wildman–Crippen LogP) is 5.40. The Morgan fingerprint density at radius 2 is 1.58 bits per heavy atom. The van der Waals surface area contributed by atoms with Crippen LogP contribution in [0.2, 0.25) is 0 Å². The predicted molar refractivity (Wildman–Crippen MR) is 238 cm³/mol. The van der Waals surface area contributed by atoms with Gasteiger partial charge < -0.3 is 43.9 Å². The molecule has 0 radical (unpaired) electrons. The van der Waals surface area contributed by atoms with Gasteiger partial charge in [0.05, 0.1) is 24.4 Å². The number of allylic oxidation sites excluding steroid dienone is 6. The van der Waals surface area contributed by atoms with Crippen LogP contribution in [0.1, 0.15) is 112 Å². The first-order valence-electron chi connectivity index (χ1n) is 23.5. The molecule has 4 heterocycles. The molecule has 1 amide bonds. The van der Waals surface area contributed by atoms with Gasteiger partial charge in [-0.15, -0.1) is 0 Å². The van der Waals surface area contributed by atoms with Crippen LogP contribution in [0, 0.1) is 41.4 Å². The molecular weight excluding hydrogens is 823 g/mol. The molecule has 0 spiro atoms. The number of carbonyl (C=O) groups excluding carboxylic acids is 5. The Labute approximate surface area is 379 Å². The minimum absolute atomic E-state index is 0.0231. The molecule has 4 aliphatic heterocycles. The number of aliphatic hydroxyl groups excluding tert-OH is 2. The zero-order valence-electron chi connectivity index (χ0n) is 39.5. The van der Waals surface area contributed by atoms with Gasteiger partial charge in [-0.25, -0.2) is 4.79 Å². The van der Waals surface area contributed by atoms with E-state index in [0.29, 0.717) is 69.8 Å². The molecule has 14 heteroatoms. The average Bonchev–Trinajstić information content (AvgIpc) is 3.27. The molecule has 5 aliphatic rings. The van der Waals surface area contributed by atoms with Gasteiger partial charge in [0.15, 0.2) is 5.78 Å². The third-order valence-corrected chi connectivity index (χ3v) is 14.9. The number of carbonyl (C=O) groups is 5. The van der Waals surface area contributed by atoms with Gasteiger partial charge >= 0.3 is 5.97 Å². The highest BCUT2D eigenvalue weighted by Crippen LogP contribution is 2.45. The van der Waals surface area contributed by atoms with Crippen LogP contribution in [0.3, 0.4) is 0 Å². The number of amides is 1. The maximum atomic E-state index is 14.4. The standard InChI is InChI=1S/C50H75NO13/c1-28-14-11-10-12-15-29(2)40(60-7)26-35-19-17-33(6)50(59,64-35)47(56)48(57)51-21-13-16-36-37(24-34-18-20-38(52)42(25-34)61-8)41(63-49(58)43(36)51)27-39(53)30(3)23-32(5)45(55)46(62-9)44(54)31(4)22-28/h10-12,14-15,23,28,30-31,33-38,40-43,45-46,52,55,59H,13,16-22,24-27H2,1-9H3/b12-10+,14-11+,29-15+,32-23+/t28-,30-,31?,33?,34?,35+,36?,37+,38?,40+,41+,42?,43?,45?,46+,50?/m1/s1. The lowest BCUT2D eigenvalue weighted by Gasteiger charge is -2.50. The van der Waals surface area contributed by atoms with E-state index in [1.165, 1.54) is 12.0 Å². The molecule has 3 N–H and O–H groups in total. The summed E-state index contributed by atoms with van der Waals surface area (Å²) < 4.78 is 29.4. The van der Waals surface area contributed by atoms with Crippen molar-refractivity contribution in [3.05, 3.63) is 47.6 Å². The number of ether oxygens (including phenoxy) is 5. The smallest absolute Gasteiger partial charge is 0.329 e. The van der Waals surface area contributed by atoms with E-state index in [-0.39, 0.29) is 42.5 Å². The van der Waals surface area contributed by atoms with Crippen LogP contribution in [0.15, 0.2) is 47.6 Å². The number of methoxy groups -OCH3 is 3. The van der Waals surface area contributed by atoms with Gasteiger partial charge in [0.25, 0.3) is 11.7 Å². The van der Waals surface area contributed by atoms with Gasteiger partial charge in [-0.1, -0.05) is 64.2 Å². The van der Waals surface area contributed by atoms with Crippen LogP contribution in [-0.2, 0) is 47.7 Å². The highest BCUT2D eigenvalue weighted by molar-refractivity contribution is 6.39. The molecule has 9 unspecified atom stereocenters. The van der Waals surface area contributed by atoms with Crippen molar-refractivity contribution >= 4 is 29.2 Å². The largest absolute Gasteiger partial charge is 0.460 e. The lowest BCUT2D eigenvalue weighted by Crippen LogP contribution is -2.65. The van der Waals surface area contributed by atoms with Crippen molar-refractivity contribution in [2.24, 2.45) is 41.4 Å². The van der Waals surface area contributed by atoms with E-state index in [9.17, 15) is 39.3 Å². The first-order chi connectivity index (χ1) is 30.3. The zero-order valence-corrected chi connectivity index (χ0v) is 39.5. The number of rotatable bonds is 5. The Balaban J connectivity index is 1.51. The summed E-state index contributed by atoms with van der Waals surface area (Å²) in [7, 11) is 4.52. The van der Waals surface area contributed by atoms with Gasteiger partial charge in [0, 0.05) is 64.4 Å². The molecular formula is C50H75NO13. The van der Waals surface area contributed by atoms with Crippen molar-refractivity contribution in [3.8, 4) is 0 Å². The summed E-state index contributed by atoms with van der Waals surface area (Å²) in [5, 5.41) is 34.1. The van der Waals surface area contributed by atoms with Crippen LogP contribution in [0.25, 0.3) is 0 Å². The van der Waals surface area contributed by atoms with Crippen molar-refractivity contribution < 1.29 is 63.0 Å². The van der Waals surface area contributed by atoms with Gasteiger partial charge in [0.2, 0.25) is 5.79 Å². The van der Waals surface area contributed by atoms with Crippen LogP contribution < -0.4 is 0 Å². The molecule has 0 aromatic rings. The van der Waals surface area contributed by atoms with Crippen molar-refractivity contribution in [1.82, 2.24) is 4.90 Å². The summed E-state index contributed by atoms with van der Waals surface area (Å²) in [6.07, 6.45) is 10.8. The normalized spacial score (nSPS) is 43.2. The van der Waals surface area contributed by atoms with E-state index in [2.05, 4.69) is 0 Å². The molecule has 4 bridgehead atoms. The zero-order chi connectivity index (χ0) is 47.0. The van der Waals surface area contributed by atoms with E-state index in [0.717, 1.165) is 5.57 Å². The fraction of sp³-hybridized carbons (Fsp3) is 0.740. The average molecular weight is 898 g/mol. The van der Waals surface area contributed by atoms with E-state index >= 15 is 0 Å². The number of aliphatic hydroxyl groups is 3. The second-order valence-electron chi connectivity index (χ2n) is 19.5. The number of nitrogens with zero attached hydrogens (tertiary/aromatic N) is 1. The van der Waals surface area contributed by atoms with Crippen molar-refractivity contribution in [2.45, 2.75) is 167 Å². The molecule has 358 valence electrons. The summed E-state index contributed by atoms with van der Waals surface area (Å²) in [6.45, 7) is 10.9. The first-order valence-corrected chi connectivity index (χ1v) is 23.5. The molecule has 64 heavy (non-hydrogen) atoms. The molecule has 0 aromatic carbocycles. The molecule has 4 fully saturated rings. The number of piperidine rings is 1. The van der Waals surface area contributed by atoms with Crippen LogP contribution in [0.5, 0.6) is 0 Å². The Hall–Kier alpha value is -3.37. The molecule has 16 atom stereocenters. The second-order valence-corrected chi connectivity index (χ2v) is 19.5. The highest BCUT2D eigenvalue weighted by Gasteiger charge is 2.57. The SMILES string of the molecule is COC1CC(C[C@H]2C3CCCN4C(=O)C(=O)C5(O)O[C@@H](CCC5C)C[C@H](OC)/C(C)=C/C=C/C=C/[C@@H](C)CC(C)C(=O)[C@H](OC)C(O)/C(C)=C/[C@@H](C)C(=O)C[C@@H]2OC(=O)C34)CCC1O. The number of hydrogen-bond donors (Lipinski definition) is 3. The third-order valence-electron chi connectivity index (χ3n) is 14.9. The number of fused-ring (bicyclic) bond motifs is 4. The third kappa shape index (κ3) is 12.0. The van der Waals surface area contributed by atoms with Crippen LogP contribution in [0.4, 0.5) is 0 Å². The van der Waals surface area contributed by atoms with E-state index < -0.39 is 95.7 Å². The molecule has 1 saturated carbocycles. The second kappa shape index (κ2) is 22.9. The van der Waals surface area contributed by atoms with Gasteiger partial charge in [-0.3, -0.25) is 19.2 Å². The number of esters is 1. The fourth-order valence-electron chi connectivity index (χ4n) is 10.9. The molecule has 5 rings (SSSR count). The van der Waals surface area contributed by atoms with Crippen molar-refractivity contribution in [3.63, 3.8) is 0 Å². The summed E-state index contributed by atoms with van der Waals surface area (Å²) >= 11 is 0. The minimum Gasteiger partial charge on any atom is -0.460 e. The van der Waals surface area contributed by atoms with Gasteiger partial charge in [-0.05, 0) is 101 Å². The fourth-order valence-corrected chi connectivity index (χ4v) is 10.9.